The molecule has 3 aromatic rings. The van der Waals surface area contributed by atoms with Gasteiger partial charge in [0.15, 0.2) is 17.3 Å². The minimum Gasteiger partial charge on any atom is -0.327 e. The van der Waals surface area contributed by atoms with Gasteiger partial charge in [0.1, 0.15) is 5.82 Å². The van der Waals surface area contributed by atoms with Gasteiger partial charge in [0.2, 0.25) is 5.91 Å². The van der Waals surface area contributed by atoms with Crippen LogP contribution in [0.4, 0.5) is 27.8 Å². The topological polar surface area (TPSA) is 64.7 Å². The van der Waals surface area contributed by atoms with Crippen LogP contribution in [0.3, 0.4) is 0 Å². The number of carbonyl (C=O) groups excluding carboxylic acids is 1. The maximum atomic E-state index is 13.7. The van der Waals surface area contributed by atoms with Crippen LogP contribution < -0.4 is 5.32 Å². The molecule has 1 saturated carbocycles. The third kappa shape index (κ3) is 3.95. The van der Waals surface area contributed by atoms with Crippen LogP contribution in [0.25, 0.3) is 11.0 Å². The fraction of sp³-hybridized carbons (Fsp3) is 0.476. The smallest absolute Gasteiger partial charge is 0.327 e. The Kier molecular flexibility index (Phi) is 5.46. The molecule has 32 heavy (non-hydrogen) atoms. The van der Waals surface area contributed by atoms with E-state index in [1.165, 1.54) is 7.05 Å². The lowest BCUT2D eigenvalue weighted by molar-refractivity contribution is -0.141. The van der Waals surface area contributed by atoms with Gasteiger partial charge in [-0.3, -0.25) is 9.48 Å². The summed E-state index contributed by atoms with van der Waals surface area (Å²) >= 11 is 0. The summed E-state index contributed by atoms with van der Waals surface area (Å²) in [6, 6.07) is 2.91. The first-order valence-corrected chi connectivity index (χ1v) is 10.2. The third-order valence-corrected chi connectivity index (χ3v) is 6.41. The lowest BCUT2D eigenvalue weighted by Gasteiger charge is -2.22. The highest BCUT2D eigenvalue weighted by atomic mass is 19.4. The Hall–Kier alpha value is -2.98. The van der Waals surface area contributed by atoms with E-state index < -0.39 is 35.3 Å². The van der Waals surface area contributed by atoms with Gasteiger partial charge >= 0.3 is 6.18 Å². The number of aryl methyl sites for hydroxylation is 1. The van der Waals surface area contributed by atoms with Crippen LogP contribution in [-0.4, -0.2) is 25.2 Å². The maximum absolute atomic E-state index is 13.7. The van der Waals surface area contributed by atoms with Crippen molar-refractivity contribution in [1.29, 1.82) is 0 Å². The zero-order chi connectivity index (χ0) is 23.4. The number of aromatic nitrogens is 4. The van der Waals surface area contributed by atoms with E-state index in [9.17, 15) is 26.7 Å². The van der Waals surface area contributed by atoms with Crippen molar-refractivity contribution in [2.45, 2.75) is 38.9 Å². The van der Waals surface area contributed by atoms with Gasteiger partial charge in [-0.25, -0.2) is 13.8 Å². The number of amides is 1. The van der Waals surface area contributed by atoms with Crippen molar-refractivity contribution in [1.82, 2.24) is 19.3 Å². The number of alkyl halides is 3. The lowest BCUT2D eigenvalue weighted by Crippen LogP contribution is -2.29. The van der Waals surface area contributed by atoms with Crippen molar-refractivity contribution in [3.63, 3.8) is 0 Å². The second kappa shape index (κ2) is 7.86. The first-order chi connectivity index (χ1) is 15.0. The highest BCUT2D eigenvalue weighted by Crippen LogP contribution is 2.44. The monoisotopic (exact) mass is 455 g/mol. The summed E-state index contributed by atoms with van der Waals surface area (Å²) in [7, 11) is 1.33. The Balaban J connectivity index is 1.50. The molecule has 1 aliphatic carbocycles. The molecule has 1 amide bonds. The molecule has 0 spiro atoms. The zero-order valence-corrected chi connectivity index (χ0v) is 17.6. The molecule has 0 saturated heterocycles. The number of imidazole rings is 1. The minimum atomic E-state index is -4.60. The summed E-state index contributed by atoms with van der Waals surface area (Å²) in [5, 5.41) is 5.95. The van der Waals surface area contributed by atoms with Gasteiger partial charge in [-0.1, -0.05) is 13.8 Å². The van der Waals surface area contributed by atoms with E-state index in [0.717, 1.165) is 22.9 Å². The van der Waals surface area contributed by atoms with Gasteiger partial charge in [0, 0.05) is 37.2 Å². The van der Waals surface area contributed by atoms with Crippen LogP contribution in [-0.2, 0) is 18.0 Å². The highest BCUT2D eigenvalue weighted by Gasteiger charge is 2.39. The lowest BCUT2D eigenvalue weighted by atomic mass is 9.85. The van der Waals surface area contributed by atoms with E-state index in [2.05, 4.69) is 15.4 Å². The molecule has 4 unspecified atom stereocenters. The Morgan fingerprint density at radius 1 is 1.19 bits per heavy atom. The average molecular weight is 455 g/mol. The number of rotatable bonds is 4. The van der Waals surface area contributed by atoms with Crippen LogP contribution in [0.2, 0.25) is 0 Å². The first kappa shape index (κ1) is 22.2. The van der Waals surface area contributed by atoms with Crippen molar-refractivity contribution < 1.29 is 26.7 Å². The van der Waals surface area contributed by atoms with E-state index in [-0.39, 0.29) is 23.7 Å². The molecule has 0 radical (unpaired) electrons. The van der Waals surface area contributed by atoms with E-state index in [1.807, 2.05) is 6.92 Å². The number of nitrogens with zero attached hydrogens (tertiary/aromatic N) is 4. The largest absolute Gasteiger partial charge is 0.435 e. The second-order valence-corrected chi connectivity index (χ2v) is 8.49. The van der Waals surface area contributed by atoms with Crippen molar-refractivity contribution in [2.75, 3.05) is 5.32 Å². The number of carbonyl (C=O) groups is 1. The first-order valence-electron chi connectivity index (χ1n) is 10.2. The van der Waals surface area contributed by atoms with E-state index in [4.69, 9.17) is 0 Å². The number of nitrogens with one attached hydrogen (secondary N) is 1. The summed E-state index contributed by atoms with van der Waals surface area (Å²) in [6.45, 7) is 3.74. The molecule has 0 aliphatic heterocycles. The summed E-state index contributed by atoms with van der Waals surface area (Å²) in [5.41, 5.74) is -0.246. The molecule has 4 atom stereocenters. The van der Waals surface area contributed by atoms with Crippen LogP contribution >= 0.6 is 0 Å². The summed E-state index contributed by atoms with van der Waals surface area (Å²) in [5.74, 6) is -2.77. The van der Waals surface area contributed by atoms with Crippen LogP contribution in [0.1, 0.15) is 38.4 Å². The maximum Gasteiger partial charge on any atom is 0.435 e. The third-order valence-electron chi connectivity index (χ3n) is 6.41. The molecule has 1 N–H and O–H groups in total. The molecule has 2 heterocycles. The SMILES string of the molecule is CC1CC(n2cnc3cc(F)c(F)cc32)CC1C(C)C(=O)Nc1cc(C(F)(F)F)nn1C. The molecule has 4 rings (SSSR count). The minimum absolute atomic E-state index is 0.0329. The van der Waals surface area contributed by atoms with Gasteiger partial charge < -0.3 is 9.88 Å². The van der Waals surface area contributed by atoms with Crippen LogP contribution in [0.5, 0.6) is 0 Å². The molecular formula is C21H22F5N5O. The average Bonchev–Trinajstić information content (AvgIpc) is 3.39. The Labute approximate surface area is 180 Å². The molecule has 0 bridgehead atoms. The number of hydrogen-bond acceptors (Lipinski definition) is 3. The number of benzene rings is 1. The summed E-state index contributed by atoms with van der Waals surface area (Å²) < 4.78 is 68.6. The van der Waals surface area contributed by atoms with Gasteiger partial charge in [0.05, 0.1) is 17.4 Å². The summed E-state index contributed by atoms with van der Waals surface area (Å²) in [6.07, 6.45) is -1.76. The molecule has 11 heteroatoms. The molecule has 6 nitrogen and oxygen atoms in total. The number of fused-ring (bicyclic) bond motifs is 1. The normalized spacial score (nSPS) is 22.4. The predicted molar refractivity (Wildman–Crippen MR) is 107 cm³/mol. The number of halogens is 5. The zero-order valence-electron chi connectivity index (χ0n) is 17.6. The Morgan fingerprint density at radius 2 is 1.88 bits per heavy atom. The standard InChI is InChI=1S/C21H22F5N5O/c1-10-4-12(31-9-27-16-6-14(22)15(23)7-17(16)31)5-13(10)11(2)20(32)28-19-8-18(21(24,25)26)29-30(19)3/h6-13H,4-5H2,1-3H3,(H,28,32). The number of hydrogen-bond donors (Lipinski definition) is 1. The fourth-order valence-corrected chi connectivity index (χ4v) is 4.64. The Bertz CT molecular complexity index is 1170. The molecule has 1 aliphatic rings. The highest BCUT2D eigenvalue weighted by molar-refractivity contribution is 5.91. The summed E-state index contributed by atoms with van der Waals surface area (Å²) in [4.78, 5) is 17.0. The van der Waals surface area contributed by atoms with Gasteiger partial charge in [-0.15, -0.1) is 0 Å². The quantitative estimate of drug-likeness (QED) is 0.568. The van der Waals surface area contributed by atoms with E-state index >= 15 is 0 Å². The van der Waals surface area contributed by atoms with Crippen molar-refractivity contribution >= 4 is 22.8 Å². The second-order valence-electron chi connectivity index (χ2n) is 8.49. The van der Waals surface area contributed by atoms with Crippen LogP contribution in [0, 0.1) is 29.4 Å². The van der Waals surface area contributed by atoms with Gasteiger partial charge in [-0.05, 0) is 24.7 Å². The molecule has 2 aromatic heterocycles. The molecule has 1 fully saturated rings. The molecular weight excluding hydrogens is 433 g/mol. The molecule has 1 aromatic carbocycles. The molecule has 172 valence electrons. The van der Waals surface area contributed by atoms with Gasteiger partial charge in [0.25, 0.3) is 0 Å². The van der Waals surface area contributed by atoms with Crippen LogP contribution in [0.15, 0.2) is 24.5 Å². The Morgan fingerprint density at radius 3 is 2.53 bits per heavy atom. The van der Waals surface area contributed by atoms with Crippen molar-refractivity contribution in [2.24, 2.45) is 24.8 Å². The van der Waals surface area contributed by atoms with E-state index in [0.29, 0.717) is 23.9 Å². The predicted octanol–water partition coefficient (Wildman–Crippen LogP) is 4.93. The fourth-order valence-electron chi connectivity index (χ4n) is 4.64. The number of anilines is 1. The van der Waals surface area contributed by atoms with E-state index in [1.54, 1.807) is 17.8 Å². The van der Waals surface area contributed by atoms with Crippen molar-refractivity contribution in [3.8, 4) is 0 Å². The van der Waals surface area contributed by atoms with Gasteiger partial charge in [-0.2, -0.15) is 18.3 Å². The van der Waals surface area contributed by atoms with Crippen molar-refractivity contribution in [3.05, 3.63) is 41.9 Å².